The van der Waals surface area contributed by atoms with Crippen LogP contribution in [0.3, 0.4) is 0 Å². The van der Waals surface area contributed by atoms with Gasteiger partial charge in [0.15, 0.2) is 0 Å². The summed E-state index contributed by atoms with van der Waals surface area (Å²) in [4.78, 5) is 0. The Bertz CT molecular complexity index is 423. The Morgan fingerprint density at radius 1 is 1.47 bits per heavy atom. The molecule has 0 radical (unpaired) electrons. The average Bonchev–Trinajstić information content (AvgIpc) is 3.22. The van der Waals surface area contributed by atoms with Gasteiger partial charge in [-0.1, -0.05) is 15.9 Å². The summed E-state index contributed by atoms with van der Waals surface area (Å²) in [7, 11) is 1.93. The first-order chi connectivity index (χ1) is 9.15. The molecule has 0 spiro atoms. The van der Waals surface area contributed by atoms with Crippen molar-refractivity contribution >= 4 is 15.9 Å². The maximum atomic E-state index is 13.8. The molecule has 0 amide bonds. The third kappa shape index (κ3) is 4.01. The Morgan fingerprint density at radius 2 is 2.21 bits per heavy atom. The van der Waals surface area contributed by atoms with Crippen molar-refractivity contribution in [2.24, 2.45) is 5.92 Å². The largest absolute Gasteiger partial charge is 0.377 e. The first kappa shape index (κ1) is 14.9. The zero-order valence-electron chi connectivity index (χ0n) is 11.5. The van der Waals surface area contributed by atoms with Gasteiger partial charge in [0.1, 0.15) is 5.82 Å². The monoisotopic (exact) mass is 329 g/mol. The fourth-order valence-corrected chi connectivity index (χ4v) is 2.93. The van der Waals surface area contributed by atoms with E-state index in [1.165, 1.54) is 18.9 Å². The van der Waals surface area contributed by atoms with Crippen LogP contribution in [-0.4, -0.2) is 25.8 Å². The SMILES string of the molecule is CCOC(C1CC1)C(Cc1cc(Br)ccc1F)NC. The molecule has 19 heavy (non-hydrogen) atoms. The smallest absolute Gasteiger partial charge is 0.126 e. The molecule has 2 unspecified atom stereocenters. The van der Waals surface area contributed by atoms with Crippen LogP contribution in [0, 0.1) is 11.7 Å². The van der Waals surface area contributed by atoms with Gasteiger partial charge in [-0.25, -0.2) is 4.39 Å². The Hall–Kier alpha value is -0.450. The molecule has 1 aliphatic carbocycles. The van der Waals surface area contributed by atoms with Crippen molar-refractivity contribution in [3.8, 4) is 0 Å². The molecule has 2 atom stereocenters. The van der Waals surface area contributed by atoms with E-state index in [2.05, 4.69) is 21.2 Å². The number of rotatable bonds is 7. The van der Waals surface area contributed by atoms with Crippen LogP contribution in [0.25, 0.3) is 0 Å². The minimum atomic E-state index is -0.144. The molecule has 2 rings (SSSR count). The number of ether oxygens (including phenoxy) is 1. The molecule has 2 nitrogen and oxygen atoms in total. The molecule has 1 saturated carbocycles. The Labute approximate surface area is 122 Å². The molecule has 1 aliphatic rings. The van der Waals surface area contributed by atoms with Crippen LogP contribution >= 0.6 is 15.9 Å². The second-order valence-electron chi connectivity index (χ2n) is 5.09. The number of hydrogen-bond donors (Lipinski definition) is 1. The van der Waals surface area contributed by atoms with Gasteiger partial charge in [-0.3, -0.25) is 0 Å². The van der Waals surface area contributed by atoms with E-state index in [9.17, 15) is 4.39 Å². The quantitative estimate of drug-likeness (QED) is 0.826. The van der Waals surface area contributed by atoms with Crippen LogP contribution < -0.4 is 5.32 Å². The molecule has 1 aromatic carbocycles. The molecular weight excluding hydrogens is 309 g/mol. The van der Waals surface area contributed by atoms with E-state index in [1.54, 1.807) is 6.07 Å². The van der Waals surface area contributed by atoms with E-state index in [-0.39, 0.29) is 18.0 Å². The lowest BCUT2D eigenvalue weighted by molar-refractivity contribution is 0.0209. The second-order valence-corrected chi connectivity index (χ2v) is 6.01. The van der Waals surface area contributed by atoms with Crippen LogP contribution in [0.1, 0.15) is 25.3 Å². The van der Waals surface area contributed by atoms with Gasteiger partial charge in [-0.15, -0.1) is 0 Å². The molecule has 106 valence electrons. The van der Waals surface area contributed by atoms with E-state index in [1.807, 2.05) is 20.0 Å². The minimum Gasteiger partial charge on any atom is -0.377 e. The lowest BCUT2D eigenvalue weighted by Crippen LogP contribution is -2.42. The zero-order valence-corrected chi connectivity index (χ0v) is 13.0. The Morgan fingerprint density at radius 3 is 2.79 bits per heavy atom. The van der Waals surface area contributed by atoms with Crippen molar-refractivity contribution in [3.05, 3.63) is 34.1 Å². The summed E-state index contributed by atoms with van der Waals surface area (Å²) in [5.74, 6) is 0.488. The van der Waals surface area contributed by atoms with Gasteiger partial charge < -0.3 is 10.1 Å². The third-order valence-corrected chi connectivity index (χ3v) is 4.15. The van der Waals surface area contributed by atoms with Crippen LogP contribution in [0.15, 0.2) is 22.7 Å². The van der Waals surface area contributed by atoms with Gasteiger partial charge in [0.05, 0.1) is 6.10 Å². The van der Waals surface area contributed by atoms with Crippen LogP contribution in [0.5, 0.6) is 0 Å². The van der Waals surface area contributed by atoms with E-state index in [0.717, 1.165) is 10.0 Å². The summed E-state index contributed by atoms with van der Waals surface area (Å²) in [6.07, 6.45) is 3.30. The molecule has 1 fully saturated rings. The Kier molecular flexibility index (Phi) is 5.37. The fraction of sp³-hybridized carbons (Fsp3) is 0.600. The molecule has 0 aromatic heterocycles. The molecule has 0 heterocycles. The van der Waals surface area contributed by atoms with E-state index < -0.39 is 0 Å². The zero-order chi connectivity index (χ0) is 13.8. The minimum absolute atomic E-state index is 0.144. The van der Waals surface area contributed by atoms with Crippen LogP contribution in [0.2, 0.25) is 0 Å². The molecule has 0 saturated heterocycles. The van der Waals surface area contributed by atoms with Gasteiger partial charge in [-0.2, -0.15) is 0 Å². The summed E-state index contributed by atoms with van der Waals surface area (Å²) in [5.41, 5.74) is 0.735. The molecule has 0 aliphatic heterocycles. The normalized spacial score (nSPS) is 18.3. The molecule has 1 N–H and O–H groups in total. The van der Waals surface area contributed by atoms with Crippen molar-refractivity contribution in [1.82, 2.24) is 5.32 Å². The van der Waals surface area contributed by atoms with E-state index >= 15 is 0 Å². The van der Waals surface area contributed by atoms with Crippen LogP contribution in [-0.2, 0) is 11.2 Å². The first-order valence-corrected chi connectivity index (χ1v) is 7.67. The number of nitrogens with one attached hydrogen (secondary N) is 1. The predicted octanol–water partition coefficient (Wildman–Crippen LogP) is 3.53. The van der Waals surface area contributed by atoms with Gasteiger partial charge in [-0.05, 0) is 62.9 Å². The first-order valence-electron chi connectivity index (χ1n) is 6.88. The third-order valence-electron chi connectivity index (χ3n) is 3.66. The molecule has 1 aromatic rings. The van der Waals surface area contributed by atoms with E-state index in [0.29, 0.717) is 18.9 Å². The number of likely N-dealkylation sites (N-methyl/N-ethyl adjacent to an activating group) is 1. The standard InChI is InChI=1S/C15H21BrFNO/c1-3-19-15(10-4-5-10)14(18-2)9-11-8-12(16)6-7-13(11)17/h6-8,10,14-15,18H,3-5,9H2,1-2H3. The topological polar surface area (TPSA) is 21.3 Å². The summed E-state index contributed by atoms with van der Waals surface area (Å²) in [6.45, 7) is 2.72. The van der Waals surface area contributed by atoms with Crippen molar-refractivity contribution < 1.29 is 9.13 Å². The lowest BCUT2D eigenvalue weighted by Gasteiger charge is -2.27. The summed E-state index contributed by atoms with van der Waals surface area (Å²) in [6, 6.07) is 5.26. The average molecular weight is 330 g/mol. The van der Waals surface area contributed by atoms with Crippen molar-refractivity contribution in [2.45, 2.75) is 38.3 Å². The molecular formula is C15H21BrFNO. The highest BCUT2D eigenvalue weighted by Crippen LogP contribution is 2.36. The van der Waals surface area contributed by atoms with Gasteiger partial charge in [0.2, 0.25) is 0 Å². The summed E-state index contributed by atoms with van der Waals surface area (Å²) >= 11 is 3.40. The fourth-order valence-electron chi connectivity index (χ4n) is 2.52. The Balaban J connectivity index is 2.10. The van der Waals surface area contributed by atoms with Crippen molar-refractivity contribution in [1.29, 1.82) is 0 Å². The summed E-state index contributed by atoms with van der Waals surface area (Å²) in [5, 5.41) is 3.30. The van der Waals surface area contributed by atoms with Crippen molar-refractivity contribution in [3.63, 3.8) is 0 Å². The van der Waals surface area contributed by atoms with Gasteiger partial charge in [0.25, 0.3) is 0 Å². The number of benzene rings is 1. The van der Waals surface area contributed by atoms with Gasteiger partial charge >= 0.3 is 0 Å². The second kappa shape index (κ2) is 6.82. The van der Waals surface area contributed by atoms with Crippen LogP contribution in [0.4, 0.5) is 4.39 Å². The maximum absolute atomic E-state index is 13.8. The highest BCUT2D eigenvalue weighted by Gasteiger charge is 2.36. The van der Waals surface area contributed by atoms with E-state index in [4.69, 9.17) is 4.74 Å². The number of halogens is 2. The predicted molar refractivity (Wildman–Crippen MR) is 78.8 cm³/mol. The number of hydrogen-bond acceptors (Lipinski definition) is 2. The highest BCUT2D eigenvalue weighted by molar-refractivity contribution is 9.10. The van der Waals surface area contributed by atoms with Gasteiger partial charge in [0, 0.05) is 17.1 Å². The lowest BCUT2D eigenvalue weighted by atomic mass is 9.98. The molecule has 0 bridgehead atoms. The highest BCUT2D eigenvalue weighted by atomic mass is 79.9. The maximum Gasteiger partial charge on any atom is 0.126 e. The molecule has 4 heteroatoms. The summed E-state index contributed by atoms with van der Waals surface area (Å²) < 4.78 is 20.6. The van der Waals surface area contributed by atoms with Crippen molar-refractivity contribution in [2.75, 3.05) is 13.7 Å².